The van der Waals surface area contributed by atoms with Crippen molar-refractivity contribution in [2.24, 2.45) is 0 Å². The van der Waals surface area contributed by atoms with Gasteiger partial charge in [0.05, 0.1) is 0 Å². The molecule has 2 rings (SSSR count). The molecule has 4 heteroatoms. The van der Waals surface area contributed by atoms with E-state index in [0.717, 1.165) is 5.39 Å². The molecule has 0 unspecified atom stereocenters. The Morgan fingerprint density at radius 3 is 2.14 bits per heavy atom. The van der Waals surface area contributed by atoms with E-state index in [2.05, 4.69) is 0 Å². The zero-order chi connectivity index (χ0) is 8.55. The molecule has 2 N–H and O–H groups in total. The van der Waals surface area contributed by atoms with Crippen molar-refractivity contribution in [2.75, 3.05) is 0 Å². The van der Waals surface area contributed by atoms with Crippen molar-refractivity contribution in [3.05, 3.63) is 36.4 Å². The Balaban J connectivity index is 0.000000845. The van der Waals surface area contributed by atoms with Gasteiger partial charge in [0.25, 0.3) is 0 Å². The number of phenolic OH excluding ortho intramolecular Hbond substituents is 2. The number of hydrogen-bond donors (Lipinski definition) is 2. The van der Waals surface area contributed by atoms with Crippen LogP contribution in [0.25, 0.3) is 10.8 Å². The summed E-state index contributed by atoms with van der Waals surface area (Å²) in [5, 5.41) is 20.2. The molecule has 0 saturated heterocycles. The Labute approximate surface area is 127 Å². The van der Waals surface area contributed by atoms with Crippen LogP contribution in [0.2, 0.25) is 0 Å². The van der Waals surface area contributed by atoms with Crippen LogP contribution in [-0.2, 0) is 0 Å². The first kappa shape index (κ1) is 14.3. The van der Waals surface area contributed by atoms with Crippen LogP contribution in [0.3, 0.4) is 0 Å². The summed E-state index contributed by atoms with van der Waals surface area (Å²) in [6.07, 6.45) is 0. The van der Waals surface area contributed by atoms with Gasteiger partial charge in [0.15, 0.2) is 11.5 Å². The smallest absolute Gasteiger partial charge is 0.165 e. The summed E-state index contributed by atoms with van der Waals surface area (Å²) < 4.78 is 0. The van der Waals surface area contributed by atoms with Crippen LogP contribution in [0, 0.1) is 0 Å². The normalized spacial score (nSPS) is 8.86. The summed E-state index contributed by atoms with van der Waals surface area (Å²) in [6.45, 7) is 0. The minimum atomic E-state index is -0.0753. The van der Waals surface area contributed by atoms with Crippen molar-refractivity contribution in [2.45, 2.75) is 0 Å². The Hall–Kier alpha value is 0.300. The first-order valence-corrected chi connectivity index (χ1v) is 3.69. The molecule has 62 valence electrons. The van der Waals surface area contributed by atoms with Gasteiger partial charge in [0.2, 0.25) is 0 Å². The topological polar surface area (TPSA) is 40.5 Å². The molecule has 0 atom stereocenters. The van der Waals surface area contributed by atoms with Crippen LogP contribution in [-0.4, -0.2) is 69.3 Å². The Kier molecular flexibility index (Phi) is 6.14. The maximum absolute atomic E-state index is 9.41. The first-order chi connectivity index (χ1) is 5.79. The molecule has 0 aromatic heterocycles. The summed E-state index contributed by atoms with van der Waals surface area (Å²) in [6, 6.07) is 10.6. The predicted molar refractivity (Wildman–Crippen MR) is 58.8 cm³/mol. The third-order valence-corrected chi connectivity index (χ3v) is 1.88. The SMILES string of the molecule is Oc1ccc2ccccc2c1O.[Na].[Na]. The summed E-state index contributed by atoms with van der Waals surface area (Å²) in [4.78, 5) is 0. The molecule has 2 aromatic carbocycles. The molecule has 0 heterocycles. The molecule has 14 heavy (non-hydrogen) atoms. The van der Waals surface area contributed by atoms with E-state index in [1.165, 1.54) is 6.07 Å². The number of benzene rings is 2. The van der Waals surface area contributed by atoms with Gasteiger partial charge in [0, 0.05) is 64.5 Å². The van der Waals surface area contributed by atoms with Crippen molar-refractivity contribution in [3.8, 4) is 11.5 Å². The Morgan fingerprint density at radius 2 is 1.43 bits per heavy atom. The van der Waals surface area contributed by atoms with Crippen LogP contribution in [0.15, 0.2) is 36.4 Å². The van der Waals surface area contributed by atoms with Crippen LogP contribution in [0.5, 0.6) is 11.5 Å². The fourth-order valence-corrected chi connectivity index (χ4v) is 1.24. The van der Waals surface area contributed by atoms with Gasteiger partial charge in [-0.05, 0) is 11.5 Å². The molecule has 2 radical (unpaired) electrons. The standard InChI is InChI=1S/C10H8O2.2Na/c11-9-6-5-7-3-1-2-4-8(7)10(9)12;;/h1-6,11-12H;;. The van der Waals surface area contributed by atoms with Crippen molar-refractivity contribution in [1.29, 1.82) is 0 Å². The second kappa shape index (κ2) is 6.01. The average Bonchev–Trinajstić information content (AvgIpc) is 2.12. The molecule has 2 nitrogen and oxygen atoms in total. The fourth-order valence-electron chi connectivity index (χ4n) is 1.24. The van der Waals surface area contributed by atoms with Crippen molar-refractivity contribution in [1.82, 2.24) is 0 Å². The van der Waals surface area contributed by atoms with E-state index in [9.17, 15) is 5.11 Å². The number of aromatic hydroxyl groups is 2. The zero-order valence-electron chi connectivity index (χ0n) is 8.36. The molecule has 0 amide bonds. The van der Waals surface area contributed by atoms with E-state index >= 15 is 0 Å². The van der Waals surface area contributed by atoms with E-state index in [1.54, 1.807) is 12.1 Å². The van der Waals surface area contributed by atoms with Gasteiger partial charge in [-0.25, -0.2) is 0 Å². The van der Waals surface area contributed by atoms with Crippen LogP contribution in [0.1, 0.15) is 0 Å². The average molecular weight is 206 g/mol. The third-order valence-electron chi connectivity index (χ3n) is 1.88. The molecule has 0 saturated carbocycles. The van der Waals surface area contributed by atoms with E-state index in [4.69, 9.17) is 5.11 Å². The molecule has 0 fully saturated rings. The number of hydrogen-bond acceptors (Lipinski definition) is 2. The van der Waals surface area contributed by atoms with Gasteiger partial charge in [0.1, 0.15) is 0 Å². The molecule has 0 spiro atoms. The first-order valence-electron chi connectivity index (χ1n) is 3.69. The van der Waals surface area contributed by atoms with Crippen molar-refractivity contribution in [3.63, 3.8) is 0 Å². The number of phenols is 2. The summed E-state index contributed by atoms with van der Waals surface area (Å²) >= 11 is 0. The molecular formula is C10H8Na2O2. The van der Waals surface area contributed by atoms with Gasteiger partial charge in [-0.2, -0.15) is 0 Å². The van der Waals surface area contributed by atoms with Gasteiger partial charge in [-0.3, -0.25) is 0 Å². The van der Waals surface area contributed by atoms with E-state index in [-0.39, 0.29) is 70.6 Å². The minimum absolute atomic E-state index is 0. The van der Waals surface area contributed by atoms with Crippen molar-refractivity contribution < 1.29 is 10.2 Å². The summed E-state index contributed by atoms with van der Waals surface area (Å²) in [5.74, 6) is -0.123. The largest absolute Gasteiger partial charge is 0.504 e. The van der Waals surface area contributed by atoms with Gasteiger partial charge in [-0.1, -0.05) is 30.3 Å². The molecule has 0 aliphatic heterocycles. The van der Waals surface area contributed by atoms with E-state index in [1.807, 2.05) is 18.2 Å². The molecule has 2 aromatic rings. The predicted octanol–water partition coefficient (Wildman–Crippen LogP) is 1.49. The molecular weight excluding hydrogens is 198 g/mol. The second-order valence-corrected chi connectivity index (χ2v) is 2.65. The van der Waals surface area contributed by atoms with Gasteiger partial charge >= 0.3 is 0 Å². The van der Waals surface area contributed by atoms with E-state index in [0.29, 0.717) is 5.39 Å². The van der Waals surface area contributed by atoms with Crippen molar-refractivity contribution >= 4 is 69.9 Å². The summed E-state index contributed by atoms with van der Waals surface area (Å²) in [7, 11) is 0. The maximum Gasteiger partial charge on any atom is 0.165 e. The van der Waals surface area contributed by atoms with Gasteiger partial charge in [-0.15, -0.1) is 0 Å². The quantitative estimate of drug-likeness (QED) is 0.506. The monoisotopic (exact) mass is 206 g/mol. The molecule has 0 aliphatic rings. The molecule has 0 aliphatic carbocycles. The number of fused-ring (bicyclic) bond motifs is 1. The Bertz CT molecular complexity index is 429. The third kappa shape index (κ3) is 2.66. The fraction of sp³-hybridized carbons (Fsp3) is 0. The number of rotatable bonds is 0. The van der Waals surface area contributed by atoms with E-state index < -0.39 is 0 Å². The van der Waals surface area contributed by atoms with Crippen LogP contribution < -0.4 is 0 Å². The summed E-state index contributed by atoms with van der Waals surface area (Å²) in [5.41, 5.74) is 0. The zero-order valence-corrected chi connectivity index (χ0v) is 12.4. The minimum Gasteiger partial charge on any atom is -0.504 e. The van der Waals surface area contributed by atoms with Crippen LogP contribution >= 0.6 is 0 Å². The van der Waals surface area contributed by atoms with Gasteiger partial charge < -0.3 is 10.2 Å². The Morgan fingerprint density at radius 1 is 0.786 bits per heavy atom. The maximum atomic E-state index is 9.41. The molecule has 0 bridgehead atoms. The van der Waals surface area contributed by atoms with Crippen LogP contribution in [0.4, 0.5) is 0 Å². The second-order valence-electron chi connectivity index (χ2n) is 2.65.